The van der Waals surface area contributed by atoms with E-state index in [2.05, 4.69) is 20.9 Å². The first-order valence-electron chi connectivity index (χ1n) is 7.10. The minimum Gasteiger partial charge on any atom is -0.370 e. The Morgan fingerprint density at radius 3 is 2.70 bits per heavy atom. The summed E-state index contributed by atoms with van der Waals surface area (Å²) in [5, 5.41) is 0. The van der Waals surface area contributed by atoms with Crippen LogP contribution in [0.2, 0.25) is 0 Å². The van der Waals surface area contributed by atoms with E-state index >= 15 is 0 Å². The van der Waals surface area contributed by atoms with Gasteiger partial charge in [-0.3, -0.25) is 0 Å². The van der Waals surface area contributed by atoms with Crippen LogP contribution in [0.4, 0.5) is 19.0 Å². The predicted molar refractivity (Wildman–Crippen MR) is 84.3 cm³/mol. The van der Waals surface area contributed by atoms with Crippen molar-refractivity contribution in [2.75, 3.05) is 24.6 Å². The van der Waals surface area contributed by atoms with Gasteiger partial charge in [-0.2, -0.15) is 13.2 Å². The highest BCUT2D eigenvalue weighted by atomic mass is 79.9. The zero-order chi connectivity index (χ0) is 16.4. The van der Waals surface area contributed by atoms with Crippen LogP contribution in [0.1, 0.15) is 17.2 Å². The molecule has 0 spiro atoms. The molecule has 1 aromatic heterocycles. The largest absolute Gasteiger partial charge is 0.419 e. The van der Waals surface area contributed by atoms with Gasteiger partial charge >= 0.3 is 6.18 Å². The quantitative estimate of drug-likeness (QED) is 0.762. The maximum absolute atomic E-state index is 13.2. The summed E-state index contributed by atoms with van der Waals surface area (Å²) in [6.45, 7) is 1.05. The Bertz CT molecular complexity index is 693. The molecule has 0 aliphatic carbocycles. The molecule has 2 heterocycles. The molecule has 0 radical (unpaired) electrons. The molecule has 1 aliphatic rings. The smallest absolute Gasteiger partial charge is 0.370 e. The van der Waals surface area contributed by atoms with Crippen LogP contribution in [-0.2, 0) is 10.9 Å². The molecule has 122 valence electrons. The van der Waals surface area contributed by atoms with Crippen LogP contribution in [-0.4, -0.2) is 24.7 Å². The fourth-order valence-corrected chi connectivity index (χ4v) is 3.18. The molecule has 0 unspecified atom stereocenters. The van der Waals surface area contributed by atoms with Crippen LogP contribution in [0.15, 0.2) is 47.1 Å². The van der Waals surface area contributed by atoms with Gasteiger partial charge in [-0.25, -0.2) is 4.98 Å². The van der Waals surface area contributed by atoms with Crippen LogP contribution in [0.5, 0.6) is 0 Å². The Kier molecular flexibility index (Phi) is 4.59. The van der Waals surface area contributed by atoms with Crippen molar-refractivity contribution >= 4 is 21.7 Å². The highest BCUT2D eigenvalue weighted by Gasteiger charge is 2.37. The van der Waals surface area contributed by atoms with Crippen LogP contribution < -0.4 is 4.90 Å². The Labute approximate surface area is 140 Å². The monoisotopic (exact) mass is 386 g/mol. The third-order valence-corrected chi connectivity index (χ3v) is 4.43. The van der Waals surface area contributed by atoms with Crippen molar-refractivity contribution in [2.24, 2.45) is 0 Å². The average Bonchev–Trinajstić information content (AvgIpc) is 2.55. The predicted octanol–water partition coefficient (Wildman–Crippen LogP) is 4.44. The van der Waals surface area contributed by atoms with Crippen molar-refractivity contribution in [3.05, 3.63) is 58.2 Å². The van der Waals surface area contributed by atoms with Crippen LogP contribution in [0, 0.1) is 0 Å². The molecule has 3 nitrogen and oxygen atoms in total. The van der Waals surface area contributed by atoms with E-state index in [0.29, 0.717) is 19.7 Å². The normalized spacial score (nSPS) is 19.0. The molecule has 0 saturated carbocycles. The first-order valence-corrected chi connectivity index (χ1v) is 7.89. The van der Waals surface area contributed by atoms with E-state index in [-0.39, 0.29) is 11.9 Å². The van der Waals surface area contributed by atoms with E-state index in [9.17, 15) is 13.2 Å². The lowest BCUT2D eigenvalue weighted by Gasteiger charge is -2.35. The van der Waals surface area contributed by atoms with E-state index in [0.717, 1.165) is 16.1 Å². The third-order valence-electron chi connectivity index (χ3n) is 3.71. The second-order valence-corrected chi connectivity index (χ2v) is 6.05. The number of hydrogen-bond donors (Lipinski definition) is 0. The lowest BCUT2D eigenvalue weighted by atomic mass is 10.1. The van der Waals surface area contributed by atoms with Gasteiger partial charge in [-0.05, 0) is 23.8 Å². The number of halogens is 4. The van der Waals surface area contributed by atoms with Crippen LogP contribution in [0.25, 0.3) is 0 Å². The van der Waals surface area contributed by atoms with Crippen molar-refractivity contribution in [1.82, 2.24) is 4.98 Å². The number of anilines is 1. The molecule has 23 heavy (non-hydrogen) atoms. The minimum atomic E-state index is -4.43. The Hall–Kier alpha value is -1.60. The first-order chi connectivity index (χ1) is 11.0. The number of rotatable bonds is 2. The number of alkyl halides is 3. The second kappa shape index (κ2) is 6.49. The Morgan fingerprint density at radius 2 is 1.96 bits per heavy atom. The molecule has 0 N–H and O–H groups in total. The summed E-state index contributed by atoms with van der Waals surface area (Å²) in [5.74, 6) is -0.0413. The molecule has 7 heteroatoms. The molecule has 0 amide bonds. The summed E-state index contributed by atoms with van der Waals surface area (Å²) in [7, 11) is 0. The second-order valence-electron chi connectivity index (χ2n) is 5.20. The van der Waals surface area contributed by atoms with Gasteiger partial charge in [0.2, 0.25) is 0 Å². The molecule has 1 aliphatic heterocycles. The van der Waals surface area contributed by atoms with Crippen molar-refractivity contribution in [1.29, 1.82) is 0 Å². The van der Waals surface area contributed by atoms with Crippen LogP contribution >= 0.6 is 15.9 Å². The number of ether oxygens (including phenoxy) is 1. The highest BCUT2D eigenvalue weighted by Crippen LogP contribution is 2.37. The fraction of sp³-hybridized carbons (Fsp3) is 0.312. The van der Waals surface area contributed by atoms with Crippen molar-refractivity contribution in [3.8, 4) is 0 Å². The van der Waals surface area contributed by atoms with Crippen molar-refractivity contribution in [2.45, 2.75) is 12.3 Å². The van der Waals surface area contributed by atoms with Gasteiger partial charge < -0.3 is 9.64 Å². The summed E-state index contributed by atoms with van der Waals surface area (Å²) in [6, 6.07) is 9.92. The van der Waals surface area contributed by atoms with Gasteiger partial charge in [0.15, 0.2) is 0 Å². The topological polar surface area (TPSA) is 25.4 Å². The maximum atomic E-state index is 13.2. The maximum Gasteiger partial charge on any atom is 0.419 e. The third kappa shape index (κ3) is 3.50. The van der Waals surface area contributed by atoms with E-state index in [1.807, 2.05) is 24.3 Å². The van der Waals surface area contributed by atoms with E-state index < -0.39 is 11.7 Å². The molecule has 0 bridgehead atoms. The lowest BCUT2D eigenvalue weighted by Crippen LogP contribution is -2.40. The number of morpholine rings is 1. The minimum absolute atomic E-state index is 0.0413. The van der Waals surface area contributed by atoms with Crippen molar-refractivity contribution < 1.29 is 17.9 Å². The highest BCUT2D eigenvalue weighted by molar-refractivity contribution is 9.10. The number of hydrogen-bond acceptors (Lipinski definition) is 3. The molecular formula is C16H14BrF3N2O. The first kappa shape index (κ1) is 16.3. The van der Waals surface area contributed by atoms with E-state index in [1.165, 1.54) is 12.3 Å². The number of pyridine rings is 1. The summed E-state index contributed by atoms with van der Waals surface area (Å²) >= 11 is 3.46. The molecular weight excluding hydrogens is 373 g/mol. The zero-order valence-corrected chi connectivity index (χ0v) is 13.6. The van der Waals surface area contributed by atoms with Gasteiger partial charge in [-0.1, -0.05) is 34.1 Å². The van der Waals surface area contributed by atoms with Crippen LogP contribution in [0.3, 0.4) is 0 Å². The van der Waals surface area contributed by atoms with Crippen molar-refractivity contribution in [3.63, 3.8) is 0 Å². The summed E-state index contributed by atoms with van der Waals surface area (Å²) < 4.78 is 46.2. The fourth-order valence-electron chi connectivity index (χ4n) is 2.64. The van der Waals surface area contributed by atoms with E-state index in [4.69, 9.17) is 4.74 Å². The number of nitrogens with zero attached hydrogens (tertiary/aromatic N) is 2. The molecule has 1 saturated heterocycles. The molecule has 1 atom stereocenters. The molecule has 2 aromatic rings. The lowest BCUT2D eigenvalue weighted by molar-refractivity contribution is -0.137. The van der Waals surface area contributed by atoms with Gasteiger partial charge in [0, 0.05) is 23.8 Å². The molecule has 1 aromatic carbocycles. The summed E-state index contributed by atoms with van der Waals surface area (Å²) in [5.41, 5.74) is 0.203. The number of aromatic nitrogens is 1. The number of benzene rings is 1. The van der Waals surface area contributed by atoms with Gasteiger partial charge in [0.1, 0.15) is 11.9 Å². The summed E-state index contributed by atoms with van der Waals surface area (Å²) in [6.07, 6.45) is -3.35. The molecule has 1 fully saturated rings. The van der Waals surface area contributed by atoms with Gasteiger partial charge in [0.25, 0.3) is 0 Å². The Morgan fingerprint density at radius 1 is 1.17 bits per heavy atom. The van der Waals surface area contributed by atoms with Gasteiger partial charge in [-0.15, -0.1) is 0 Å². The van der Waals surface area contributed by atoms with Gasteiger partial charge in [0.05, 0.1) is 12.2 Å². The average molecular weight is 387 g/mol. The standard InChI is InChI=1S/C16H14BrF3N2O/c17-13-6-2-1-4-11(13)14-10-22(8-9-23-14)15-12(16(18,19)20)5-3-7-21-15/h1-7,14H,8-10H2/t14-/m0/s1. The Balaban J connectivity index is 1.89. The van der Waals surface area contributed by atoms with E-state index in [1.54, 1.807) is 4.90 Å². The SMILES string of the molecule is FC(F)(F)c1cccnc1N1CCO[C@H](c2ccccc2Br)C1. The summed E-state index contributed by atoms with van der Waals surface area (Å²) in [4.78, 5) is 5.59. The molecule has 3 rings (SSSR count). The zero-order valence-electron chi connectivity index (χ0n) is 12.1.